The molecule has 2 amide bonds. The molecule has 0 heterocycles. The van der Waals surface area contributed by atoms with Gasteiger partial charge in [-0.05, 0) is 63.3 Å². The van der Waals surface area contributed by atoms with Crippen LogP contribution in [0.1, 0.15) is 62.1 Å². The Morgan fingerprint density at radius 3 is 2.44 bits per heavy atom. The van der Waals surface area contributed by atoms with E-state index in [4.69, 9.17) is 4.74 Å². The standard InChI is InChI=1S/C27H36N2O3/c1-20-14-16-25(17-15-20)32-18-8-13-26(30)29(19-23-10-5-4-9-21(23)2)22(3)27(31)28-24-11-6-7-12-24/h4-5,9-10,14-17,22,24H,6-8,11-13,18-19H2,1-3H3,(H,28,31). The van der Waals surface area contributed by atoms with E-state index in [-0.39, 0.29) is 17.9 Å². The summed E-state index contributed by atoms with van der Waals surface area (Å²) in [5.74, 6) is 0.730. The molecule has 1 fully saturated rings. The number of carbonyl (C=O) groups is 2. The average Bonchev–Trinajstić information content (AvgIpc) is 3.30. The van der Waals surface area contributed by atoms with Crippen LogP contribution in [0, 0.1) is 13.8 Å². The number of hydrogen-bond acceptors (Lipinski definition) is 3. The molecule has 2 aromatic carbocycles. The molecule has 0 aliphatic heterocycles. The number of rotatable bonds is 10. The van der Waals surface area contributed by atoms with Crippen molar-refractivity contribution in [1.82, 2.24) is 10.2 Å². The molecule has 5 heteroatoms. The van der Waals surface area contributed by atoms with E-state index in [1.54, 1.807) is 4.90 Å². The minimum absolute atomic E-state index is 0.0187. The van der Waals surface area contributed by atoms with Gasteiger partial charge in [-0.3, -0.25) is 9.59 Å². The first kappa shape index (κ1) is 23.8. The Bertz CT molecular complexity index is 888. The largest absolute Gasteiger partial charge is 0.494 e. The molecule has 1 atom stereocenters. The lowest BCUT2D eigenvalue weighted by Crippen LogP contribution is -2.49. The van der Waals surface area contributed by atoms with E-state index in [1.165, 1.54) is 5.56 Å². The van der Waals surface area contributed by atoms with Crippen molar-refractivity contribution in [1.29, 1.82) is 0 Å². The summed E-state index contributed by atoms with van der Waals surface area (Å²) in [4.78, 5) is 27.8. The average molecular weight is 437 g/mol. The molecule has 0 spiro atoms. The fourth-order valence-corrected chi connectivity index (χ4v) is 4.14. The maximum atomic E-state index is 13.2. The number of aryl methyl sites for hydroxylation is 2. The van der Waals surface area contributed by atoms with Gasteiger partial charge >= 0.3 is 0 Å². The topological polar surface area (TPSA) is 58.6 Å². The highest BCUT2D eigenvalue weighted by molar-refractivity contribution is 5.87. The molecule has 1 aliphatic rings. The molecule has 172 valence electrons. The summed E-state index contributed by atoms with van der Waals surface area (Å²) >= 11 is 0. The van der Waals surface area contributed by atoms with Gasteiger partial charge in [-0.25, -0.2) is 0 Å². The minimum atomic E-state index is -0.513. The van der Waals surface area contributed by atoms with Crippen LogP contribution >= 0.6 is 0 Å². The predicted molar refractivity (Wildman–Crippen MR) is 127 cm³/mol. The molecule has 1 unspecified atom stereocenters. The highest BCUT2D eigenvalue weighted by Crippen LogP contribution is 2.19. The monoisotopic (exact) mass is 436 g/mol. The van der Waals surface area contributed by atoms with E-state index in [1.807, 2.05) is 69.3 Å². The molecule has 0 saturated heterocycles. The maximum Gasteiger partial charge on any atom is 0.242 e. The molecule has 1 aliphatic carbocycles. The highest BCUT2D eigenvalue weighted by Gasteiger charge is 2.28. The first-order chi connectivity index (χ1) is 15.4. The number of nitrogens with zero attached hydrogens (tertiary/aromatic N) is 1. The third kappa shape index (κ3) is 6.84. The summed E-state index contributed by atoms with van der Waals surface area (Å²) in [6, 6.07) is 15.7. The summed E-state index contributed by atoms with van der Waals surface area (Å²) in [6.45, 7) is 6.81. The zero-order valence-electron chi connectivity index (χ0n) is 19.6. The van der Waals surface area contributed by atoms with Crippen molar-refractivity contribution in [3.05, 3.63) is 65.2 Å². The second-order valence-corrected chi connectivity index (χ2v) is 8.88. The van der Waals surface area contributed by atoms with Crippen molar-refractivity contribution < 1.29 is 14.3 Å². The molecule has 0 radical (unpaired) electrons. The normalized spacial score (nSPS) is 14.7. The molecule has 1 saturated carbocycles. The number of amides is 2. The first-order valence-corrected chi connectivity index (χ1v) is 11.8. The Balaban J connectivity index is 1.60. The van der Waals surface area contributed by atoms with Gasteiger partial charge in [0.15, 0.2) is 0 Å². The van der Waals surface area contributed by atoms with E-state index in [0.29, 0.717) is 26.0 Å². The molecule has 1 N–H and O–H groups in total. The van der Waals surface area contributed by atoms with E-state index in [2.05, 4.69) is 5.32 Å². The van der Waals surface area contributed by atoms with Crippen LogP contribution < -0.4 is 10.1 Å². The van der Waals surface area contributed by atoms with Gasteiger partial charge < -0.3 is 15.0 Å². The van der Waals surface area contributed by atoms with Gasteiger partial charge in [-0.2, -0.15) is 0 Å². The van der Waals surface area contributed by atoms with Crippen molar-refractivity contribution in [2.24, 2.45) is 0 Å². The molecular weight excluding hydrogens is 400 g/mol. The quantitative estimate of drug-likeness (QED) is 0.537. The molecule has 0 bridgehead atoms. The number of ether oxygens (including phenoxy) is 1. The van der Waals surface area contributed by atoms with Gasteiger partial charge in [0.2, 0.25) is 11.8 Å². The van der Waals surface area contributed by atoms with Crippen LogP contribution in [0.15, 0.2) is 48.5 Å². The van der Waals surface area contributed by atoms with E-state index < -0.39 is 6.04 Å². The molecule has 0 aromatic heterocycles. The van der Waals surface area contributed by atoms with Gasteiger partial charge in [0, 0.05) is 19.0 Å². The van der Waals surface area contributed by atoms with Gasteiger partial charge in [-0.1, -0.05) is 54.8 Å². The van der Waals surface area contributed by atoms with Crippen LogP contribution in [0.25, 0.3) is 0 Å². The van der Waals surface area contributed by atoms with Crippen LogP contribution in [0.4, 0.5) is 0 Å². The molecule has 2 aromatic rings. The van der Waals surface area contributed by atoms with Crippen LogP contribution in [0.2, 0.25) is 0 Å². The third-order valence-electron chi connectivity index (χ3n) is 6.30. The van der Waals surface area contributed by atoms with Crippen molar-refractivity contribution >= 4 is 11.8 Å². The fraction of sp³-hybridized carbons (Fsp3) is 0.481. The second kappa shape index (κ2) is 11.7. The Hall–Kier alpha value is -2.82. The van der Waals surface area contributed by atoms with E-state index >= 15 is 0 Å². The molecule has 32 heavy (non-hydrogen) atoms. The van der Waals surface area contributed by atoms with Crippen molar-refractivity contribution in [3.63, 3.8) is 0 Å². The lowest BCUT2D eigenvalue weighted by Gasteiger charge is -2.30. The first-order valence-electron chi connectivity index (χ1n) is 11.8. The lowest BCUT2D eigenvalue weighted by molar-refractivity contribution is -0.141. The van der Waals surface area contributed by atoms with Crippen LogP contribution in [-0.2, 0) is 16.1 Å². The Kier molecular flexibility index (Phi) is 8.72. The predicted octanol–water partition coefficient (Wildman–Crippen LogP) is 4.94. The van der Waals surface area contributed by atoms with Gasteiger partial charge in [-0.15, -0.1) is 0 Å². The van der Waals surface area contributed by atoms with Crippen molar-refractivity contribution in [3.8, 4) is 5.75 Å². The Morgan fingerprint density at radius 2 is 1.75 bits per heavy atom. The number of benzene rings is 2. The smallest absolute Gasteiger partial charge is 0.242 e. The van der Waals surface area contributed by atoms with Crippen molar-refractivity contribution in [2.75, 3.05) is 6.61 Å². The van der Waals surface area contributed by atoms with Crippen LogP contribution in [0.5, 0.6) is 5.75 Å². The summed E-state index contributed by atoms with van der Waals surface area (Å²) in [5, 5.41) is 3.15. The zero-order valence-corrected chi connectivity index (χ0v) is 19.6. The number of carbonyl (C=O) groups excluding carboxylic acids is 2. The van der Waals surface area contributed by atoms with Crippen molar-refractivity contribution in [2.45, 2.75) is 77.9 Å². The van der Waals surface area contributed by atoms with Crippen LogP contribution in [0.3, 0.4) is 0 Å². The summed E-state index contributed by atoms with van der Waals surface area (Å²) in [6.07, 6.45) is 5.33. The van der Waals surface area contributed by atoms with Gasteiger partial charge in [0.05, 0.1) is 6.61 Å². The SMILES string of the molecule is Cc1ccc(OCCCC(=O)N(Cc2ccccc2C)C(C)C(=O)NC2CCCC2)cc1. The summed E-state index contributed by atoms with van der Waals surface area (Å²) in [5.41, 5.74) is 3.37. The van der Waals surface area contributed by atoms with E-state index in [0.717, 1.165) is 42.6 Å². The van der Waals surface area contributed by atoms with Gasteiger partial charge in [0.25, 0.3) is 0 Å². The minimum Gasteiger partial charge on any atom is -0.494 e. The van der Waals surface area contributed by atoms with E-state index in [9.17, 15) is 9.59 Å². The number of hydrogen-bond donors (Lipinski definition) is 1. The third-order valence-corrected chi connectivity index (χ3v) is 6.30. The summed E-state index contributed by atoms with van der Waals surface area (Å²) < 4.78 is 5.78. The number of nitrogens with one attached hydrogen (secondary N) is 1. The molecule has 3 rings (SSSR count). The summed E-state index contributed by atoms with van der Waals surface area (Å²) in [7, 11) is 0. The Morgan fingerprint density at radius 1 is 1.06 bits per heavy atom. The molecule has 5 nitrogen and oxygen atoms in total. The van der Waals surface area contributed by atoms with Gasteiger partial charge in [0.1, 0.15) is 11.8 Å². The fourth-order valence-electron chi connectivity index (χ4n) is 4.14. The Labute approximate surface area is 192 Å². The highest BCUT2D eigenvalue weighted by atomic mass is 16.5. The zero-order chi connectivity index (χ0) is 22.9. The lowest BCUT2D eigenvalue weighted by atomic mass is 10.1. The molecular formula is C27H36N2O3. The maximum absolute atomic E-state index is 13.2. The second-order valence-electron chi connectivity index (χ2n) is 8.88. The van der Waals surface area contributed by atoms with Crippen LogP contribution in [-0.4, -0.2) is 35.4 Å².